The number of hydrogen-bond donors (Lipinski definition) is 1. The van der Waals surface area contributed by atoms with Gasteiger partial charge in [-0.2, -0.15) is 0 Å². The van der Waals surface area contributed by atoms with Crippen LogP contribution in [0.2, 0.25) is 5.02 Å². The standard InChI is InChI=1S/C17H14ClNO2/c18-14-8-6-13(7-9-14)16-10-15(17(20)21-16)19-11-12-4-2-1-3-5-12/h1-10,15,19H,11H2. The zero-order chi connectivity index (χ0) is 14.7. The average molecular weight is 300 g/mol. The van der Waals surface area contributed by atoms with Gasteiger partial charge >= 0.3 is 5.97 Å². The maximum atomic E-state index is 11.9. The Morgan fingerprint density at radius 1 is 1.05 bits per heavy atom. The lowest BCUT2D eigenvalue weighted by molar-refractivity contribution is -0.136. The lowest BCUT2D eigenvalue weighted by Gasteiger charge is -2.07. The molecule has 0 saturated heterocycles. The first-order chi connectivity index (χ1) is 10.2. The van der Waals surface area contributed by atoms with Crippen molar-refractivity contribution in [3.05, 3.63) is 76.8 Å². The monoisotopic (exact) mass is 299 g/mol. The maximum Gasteiger partial charge on any atom is 0.332 e. The van der Waals surface area contributed by atoms with Gasteiger partial charge in [0, 0.05) is 17.1 Å². The van der Waals surface area contributed by atoms with Gasteiger partial charge in [0.15, 0.2) is 0 Å². The van der Waals surface area contributed by atoms with E-state index >= 15 is 0 Å². The first-order valence-corrected chi connectivity index (χ1v) is 7.07. The molecule has 0 spiro atoms. The Morgan fingerprint density at radius 3 is 2.48 bits per heavy atom. The molecule has 0 aromatic heterocycles. The lowest BCUT2D eigenvalue weighted by atomic mass is 10.1. The molecule has 2 aromatic rings. The summed E-state index contributed by atoms with van der Waals surface area (Å²) in [5.41, 5.74) is 1.97. The molecule has 3 nitrogen and oxygen atoms in total. The molecular formula is C17H14ClNO2. The molecule has 1 N–H and O–H groups in total. The molecule has 0 bridgehead atoms. The van der Waals surface area contributed by atoms with E-state index in [0.717, 1.165) is 11.1 Å². The van der Waals surface area contributed by atoms with Crippen molar-refractivity contribution in [3.63, 3.8) is 0 Å². The SMILES string of the molecule is O=C1OC(c2ccc(Cl)cc2)=CC1NCc1ccccc1. The molecule has 1 aliphatic heterocycles. The van der Waals surface area contributed by atoms with Gasteiger partial charge < -0.3 is 4.74 Å². The minimum atomic E-state index is -0.420. The predicted octanol–water partition coefficient (Wildman–Crippen LogP) is 3.40. The van der Waals surface area contributed by atoms with Crippen LogP contribution in [0, 0.1) is 0 Å². The first kappa shape index (κ1) is 13.9. The van der Waals surface area contributed by atoms with Gasteiger partial charge in [0.05, 0.1) is 0 Å². The smallest absolute Gasteiger partial charge is 0.332 e. The normalized spacial score (nSPS) is 17.5. The Balaban J connectivity index is 1.69. The summed E-state index contributed by atoms with van der Waals surface area (Å²) < 4.78 is 5.30. The minimum Gasteiger partial charge on any atom is -0.425 e. The lowest BCUT2D eigenvalue weighted by Crippen LogP contribution is -2.32. The molecule has 3 rings (SSSR count). The van der Waals surface area contributed by atoms with E-state index in [1.54, 1.807) is 18.2 Å². The molecule has 4 heteroatoms. The highest BCUT2D eigenvalue weighted by atomic mass is 35.5. The van der Waals surface area contributed by atoms with E-state index in [4.69, 9.17) is 16.3 Å². The molecule has 0 fully saturated rings. The molecule has 0 radical (unpaired) electrons. The predicted molar refractivity (Wildman–Crippen MR) is 82.6 cm³/mol. The molecule has 1 heterocycles. The Bertz CT molecular complexity index is 665. The number of ether oxygens (including phenoxy) is 1. The van der Waals surface area contributed by atoms with Crippen LogP contribution in [-0.4, -0.2) is 12.0 Å². The minimum absolute atomic E-state index is 0.282. The molecule has 0 aliphatic carbocycles. The number of benzene rings is 2. The van der Waals surface area contributed by atoms with Gasteiger partial charge in [-0.15, -0.1) is 0 Å². The third-order valence-electron chi connectivity index (χ3n) is 3.28. The quantitative estimate of drug-likeness (QED) is 0.880. The number of halogens is 1. The summed E-state index contributed by atoms with van der Waals surface area (Å²) in [6.45, 7) is 0.616. The van der Waals surface area contributed by atoms with Gasteiger partial charge in [-0.1, -0.05) is 41.9 Å². The van der Waals surface area contributed by atoms with Crippen molar-refractivity contribution < 1.29 is 9.53 Å². The third kappa shape index (κ3) is 3.32. The van der Waals surface area contributed by atoms with Crippen LogP contribution in [0.15, 0.2) is 60.7 Å². The fourth-order valence-electron chi connectivity index (χ4n) is 2.16. The second-order valence-electron chi connectivity index (χ2n) is 4.80. The Morgan fingerprint density at radius 2 is 1.76 bits per heavy atom. The molecule has 21 heavy (non-hydrogen) atoms. The summed E-state index contributed by atoms with van der Waals surface area (Å²) in [5.74, 6) is 0.290. The van der Waals surface area contributed by atoms with E-state index in [-0.39, 0.29) is 5.97 Å². The summed E-state index contributed by atoms with van der Waals surface area (Å²) in [6, 6.07) is 16.7. The fraction of sp³-hybridized carbons (Fsp3) is 0.118. The van der Waals surface area contributed by atoms with E-state index in [1.165, 1.54) is 0 Å². The van der Waals surface area contributed by atoms with E-state index < -0.39 is 6.04 Å². The molecular weight excluding hydrogens is 286 g/mol. The number of rotatable bonds is 4. The van der Waals surface area contributed by atoms with Crippen molar-refractivity contribution in [1.82, 2.24) is 5.32 Å². The highest BCUT2D eigenvalue weighted by molar-refractivity contribution is 6.30. The van der Waals surface area contributed by atoms with Gasteiger partial charge in [-0.05, 0) is 35.9 Å². The van der Waals surface area contributed by atoms with Gasteiger partial charge in [0.2, 0.25) is 0 Å². The number of carbonyl (C=O) groups excluding carboxylic acids is 1. The van der Waals surface area contributed by atoms with Crippen LogP contribution in [-0.2, 0) is 16.1 Å². The number of nitrogens with one attached hydrogen (secondary N) is 1. The third-order valence-corrected chi connectivity index (χ3v) is 3.53. The van der Waals surface area contributed by atoms with E-state index in [1.807, 2.05) is 42.5 Å². The number of cyclic esters (lactones) is 1. The number of carbonyl (C=O) groups is 1. The Hall–Kier alpha value is -2.10. The molecule has 0 saturated carbocycles. The number of esters is 1. The van der Waals surface area contributed by atoms with Crippen LogP contribution in [0.3, 0.4) is 0 Å². The molecule has 1 atom stereocenters. The van der Waals surface area contributed by atoms with Crippen LogP contribution < -0.4 is 5.32 Å². The van der Waals surface area contributed by atoms with Crippen molar-refractivity contribution in [2.75, 3.05) is 0 Å². The maximum absolute atomic E-state index is 11.9. The summed E-state index contributed by atoms with van der Waals surface area (Å²) in [7, 11) is 0. The number of hydrogen-bond acceptors (Lipinski definition) is 3. The van der Waals surface area contributed by atoms with E-state index in [0.29, 0.717) is 17.3 Å². The van der Waals surface area contributed by atoms with Gasteiger partial charge in [-0.3, -0.25) is 5.32 Å². The molecule has 1 unspecified atom stereocenters. The second kappa shape index (κ2) is 6.12. The van der Waals surface area contributed by atoms with Gasteiger partial charge in [0.25, 0.3) is 0 Å². The largest absolute Gasteiger partial charge is 0.425 e. The molecule has 106 valence electrons. The topological polar surface area (TPSA) is 38.3 Å². The van der Waals surface area contributed by atoms with Crippen molar-refractivity contribution >= 4 is 23.3 Å². The fourth-order valence-corrected chi connectivity index (χ4v) is 2.29. The van der Waals surface area contributed by atoms with Crippen LogP contribution in [0.4, 0.5) is 0 Å². The molecule has 1 aliphatic rings. The van der Waals surface area contributed by atoms with E-state index in [2.05, 4.69) is 5.32 Å². The molecule has 0 amide bonds. The highest BCUT2D eigenvalue weighted by Crippen LogP contribution is 2.24. The average Bonchev–Trinajstić information content (AvgIpc) is 2.88. The van der Waals surface area contributed by atoms with Crippen LogP contribution in [0.25, 0.3) is 5.76 Å². The Kier molecular flexibility index (Phi) is 4.04. The molecule has 2 aromatic carbocycles. The Labute approximate surface area is 128 Å². The van der Waals surface area contributed by atoms with Gasteiger partial charge in [-0.25, -0.2) is 4.79 Å². The van der Waals surface area contributed by atoms with Crippen LogP contribution in [0.5, 0.6) is 0 Å². The summed E-state index contributed by atoms with van der Waals surface area (Å²) in [4.78, 5) is 11.9. The van der Waals surface area contributed by atoms with Crippen LogP contribution in [0.1, 0.15) is 11.1 Å². The van der Waals surface area contributed by atoms with E-state index in [9.17, 15) is 4.79 Å². The van der Waals surface area contributed by atoms with Crippen molar-refractivity contribution in [2.24, 2.45) is 0 Å². The zero-order valence-electron chi connectivity index (χ0n) is 11.3. The van der Waals surface area contributed by atoms with Crippen LogP contribution >= 0.6 is 11.6 Å². The van der Waals surface area contributed by atoms with Crippen molar-refractivity contribution in [2.45, 2.75) is 12.6 Å². The first-order valence-electron chi connectivity index (χ1n) is 6.69. The summed E-state index contributed by atoms with van der Waals surface area (Å²) in [6.07, 6.45) is 1.80. The van der Waals surface area contributed by atoms with Crippen molar-refractivity contribution in [3.8, 4) is 0 Å². The van der Waals surface area contributed by atoms with Crippen molar-refractivity contribution in [1.29, 1.82) is 0 Å². The zero-order valence-corrected chi connectivity index (χ0v) is 12.0. The highest BCUT2D eigenvalue weighted by Gasteiger charge is 2.27. The summed E-state index contributed by atoms with van der Waals surface area (Å²) in [5, 5.41) is 3.84. The summed E-state index contributed by atoms with van der Waals surface area (Å²) >= 11 is 5.85. The second-order valence-corrected chi connectivity index (χ2v) is 5.24. The van der Waals surface area contributed by atoms with Gasteiger partial charge in [0.1, 0.15) is 11.8 Å².